The highest BCUT2D eigenvalue weighted by molar-refractivity contribution is 6.08. The van der Waals surface area contributed by atoms with Gasteiger partial charge >= 0.3 is 0 Å². The summed E-state index contributed by atoms with van der Waals surface area (Å²) in [7, 11) is 1.67. The third-order valence-electron chi connectivity index (χ3n) is 4.79. The van der Waals surface area contributed by atoms with Gasteiger partial charge in [0.05, 0.1) is 13.7 Å². The summed E-state index contributed by atoms with van der Waals surface area (Å²) < 4.78 is 11.6. The van der Waals surface area contributed by atoms with E-state index in [0.717, 1.165) is 42.6 Å². The Bertz CT molecular complexity index is 576. The number of benzene rings is 1. The maximum Gasteiger partial charge on any atom is 0.195 e. The first-order chi connectivity index (χ1) is 10.2. The number of carbonyl (C=O) groups is 1. The summed E-state index contributed by atoms with van der Waals surface area (Å²) >= 11 is 0. The van der Waals surface area contributed by atoms with E-state index in [2.05, 4.69) is 0 Å². The number of carbonyl (C=O) groups excluding carboxylic acids is 1. The van der Waals surface area contributed by atoms with Crippen molar-refractivity contribution in [2.24, 2.45) is 0 Å². The highest BCUT2D eigenvalue weighted by Crippen LogP contribution is 2.54. The molecule has 0 radical (unpaired) electrons. The van der Waals surface area contributed by atoms with E-state index in [1.165, 1.54) is 0 Å². The van der Waals surface area contributed by atoms with Crippen LogP contribution in [0.25, 0.3) is 0 Å². The smallest absolute Gasteiger partial charge is 0.195 e. The summed E-state index contributed by atoms with van der Waals surface area (Å²) in [5.74, 6) is 1.10. The zero-order valence-corrected chi connectivity index (χ0v) is 12.7. The lowest BCUT2D eigenvalue weighted by Gasteiger charge is -2.38. The second-order valence-corrected chi connectivity index (χ2v) is 5.82. The van der Waals surface area contributed by atoms with Crippen molar-refractivity contribution in [3.8, 4) is 5.75 Å². The average molecular weight is 286 g/mol. The Hall–Kier alpha value is -1.61. The minimum Gasteiger partial charge on any atom is -0.496 e. The Morgan fingerprint density at radius 1 is 1.38 bits per heavy atom. The van der Waals surface area contributed by atoms with Crippen LogP contribution in [0.3, 0.4) is 0 Å². The summed E-state index contributed by atoms with van der Waals surface area (Å²) in [5.41, 5.74) is 1.18. The van der Waals surface area contributed by atoms with Gasteiger partial charge in [0, 0.05) is 17.0 Å². The predicted octanol–water partition coefficient (Wildman–Crippen LogP) is 3.88. The van der Waals surface area contributed by atoms with Crippen molar-refractivity contribution >= 4 is 5.78 Å². The molecule has 21 heavy (non-hydrogen) atoms. The number of ketones is 1. The Morgan fingerprint density at radius 2 is 2.24 bits per heavy atom. The van der Waals surface area contributed by atoms with Gasteiger partial charge in [-0.25, -0.2) is 0 Å². The first kappa shape index (κ1) is 14.3. The molecule has 0 N–H and O–H groups in total. The number of allylic oxidation sites excluding steroid dienone is 1. The summed E-state index contributed by atoms with van der Waals surface area (Å²) in [6.07, 6.45) is 7.93. The lowest BCUT2D eigenvalue weighted by Crippen LogP contribution is -2.44. The van der Waals surface area contributed by atoms with E-state index in [9.17, 15) is 4.79 Å². The highest BCUT2D eigenvalue weighted by Gasteiger charge is 2.55. The molecule has 0 spiro atoms. The van der Waals surface area contributed by atoms with Crippen LogP contribution >= 0.6 is 0 Å². The summed E-state index contributed by atoms with van der Waals surface area (Å²) in [5, 5.41) is 0. The van der Waals surface area contributed by atoms with Crippen molar-refractivity contribution in [2.75, 3.05) is 13.7 Å². The molecule has 0 aliphatic heterocycles. The van der Waals surface area contributed by atoms with E-state index in [1.54, 1.807) is 7.11 Å². The van der Waals surface area contributed by atoms with Gasteiger partial charge in [-0.1, -0.05) is 37.1 Å². The molecule has 1 fully saturated rings. The summed E-state index contributed by atoms with van der Waals surface area (Å²) in [4.78, 5) is 13.0. The quantitative estimate of drug-likeness (QED) is 0.788. The molecule has 1 aromatic carbocycles. The van der Waals surface area contributed by atoms with Crippen molar-refractivity contribution in [3.63, 3.8) is 0 Å². The predicted molar refractivity (Wildman–Crippen MR) is 82.0 cm³/mol. The molecular formula is C18H22O3. The first-order valence-corrected chi connectivity index (χ1v) is 7.71. The molecule has 1 aromatic rings. The zero-order valence-electron chi connectivity index (χ0n) is 12.7. The number of fused-ring (bicyclic) bond motifs is 3. The molecule has 3 nitrogen and oxygen atoms in total. The van der Waals surface area contributed by atoms with Crippen LogP contribution in [0.4, 0.5) is 0 Å². The average Bonchev–Trinajstić information content (AvgIpc) is 2.78. The lowest BCUT2D eigenvalue weighted by atomic mass is 9.75. The Kier molecular flexibility index (Phi) is 3.85. The second kappa shape index (κ2) is 5.64. The van der Waals surface area contributed by atoms with Crippen molar-refractivity contribution in [1.29, 1.82) is 0 Å². The third kappa shape index (κ3) is 2.11. The van der Waals surface area contributed by atoms with Crippen molar-refractivity contribution in [1.82, 2.24) is 0 Å². The van der Waals surface area contributed by atoms with Gasteiger partial charge in [-0.05, 0) is 25.8 Å². The third-order valence-corrected chi connectivity index (χ3v) is 4.79. The van der Waals surface area contributed by atoms with Crippen molar-refractivity contribution in [2.45, 2.75) is 44.1 Å². The highest BCUT2D eigenvalue weighted by atomic mass is 16.5. The van der Waals surface area contributed by atoms with Gasteiger partial charge in [0.1, 0.15) is 11.4 Å². The monoisotopic (exact) mass is 286 g/mol. The van der Waals surface area contributed by atoms with E-state index >= 15 is 0 Å². The fourth-order valence-corrected chi connectivity index (χ4v) is 3.83. The van der Waals surface area contributed by atoms with Crippen LogP contribution in [-0.4, -0.2) is 25.1 Å². The van der Waals surface area contributed by atoms with Gasteiger partial charge < -0.3 is 9.47 Å². The number of Topliss-reactive ketones (excluding diaryl/α,β-unsaturated/α-hetero) is 1. The zero-order chi connectivity index (χ0) is 14.9. The fourth-order valence-electron chi connectivity index (χ4n) is 3.83. The first-order valence-electron chi connectivity index (χ1n) is 7.71. The maximum atomic E-state index is 13.0. The Balaban J connectivity index is 2.05. The summed E-state index contributed by atoms with van der Waals surface area (Å²) in [6, 6.07) is 5.76. The van der Waals surface area contributed by atoms with Gasteiger partial charge in [0.25, 0.3) is 0 Å². The van der Waals surface area contributed by atoms with Gasteiger partial charge in [-0.15, -0.1) is 0 Å². The van der Waals surface area contributed by atoms with Crippen LogP contribution in [0.1, 0.15) is 54.4 Å². The molecule has 0 bridgehead atoms. The Labute approximate surface area is 125 Å². The van der Waals surface area contributed by atoms with E-state index in [0.29, 0.717) is 6.61 Å². The van der Waals surface area contributed by atoms with Crippen LogP contribution in [0.2, 0.25) is 0 Å². The molecule has 0 heterocycles. The molecule has 3 rings (SSSR count). The largest absolute Gasteiger partial charge is 0.496 e. The van der Waals surface area contributed by atoms with Gasteiger partial charge in [-0.3, -0.25) is 4.79 Å². The van der Waals surface area contributed by atoms with Gasteiger partial charge in [0.2, 0.25) is 0 Å². The molecule has 0 aromatic heterocycles. The number of hydrogen-bond acceptors (Lipinski definition) is 3. The van der Waals surface area contributed by atoms with E-state index in [-0.39, 0.29) is 11.7 Å². The standard InChI is InChI=1S/C18H22O3/c1-3-4-12-21-18-11-6-5-9-14(18)16-13(17(18)19)8-7-10-15(16)20-2/h3-4,7-8,10,14H,5-6,9,11-12H2,1-2H3/b4-3+/t14-,18-/m1/s1. The molecule has 2 aliphatic rings. The van der Waals surface area contributed by atoms with Crippen LogP contribution in [0, 0.1) is 0 Å². The number of methoxy groups -OCH3 is 1. The van der Waals surface area contributed by atoms with Crippen LogP contribution < -0.4 is 4.74 Å². The maximum absolute atomic E-state index is 13.0. The SMILES string of the molecule is C/C=C/CO[C@]12CCCC[C@@H]1c1c(OC)cccc1C2=O. The van der Waals surface area contributed by atoms with E-state index in [1.807, 2.05) is 37.3 Å². The molecule has 0 amide bonds. The number of ether oxygens (including phenoxy) is 2. The van der Waals surface area contributed by atoms with Crippen LogP contribution in [-0.2, 0) is 4.74 Å². The molecule has 3 heteroatoms. The van der Waals surface area contributed by atoms with Crippen molar-refractivity contribution in [3.05, 3.63) is 41.5 Å². The topological polar surface area (TPSA) is 35.5 Å². The van der Waals surface area contributed by atoms with Crippen molar-refractivity contribution < 1.29 is 14.3 Å². The molecule has 2 aliphatic carbocycles. The van der Waals surface area contributed by atoms with Gasteiger partial charge in [0.15, 0.2) is 5.78 Å². The number of hydrogen-bond donors (Lipinski definition) is 0. The van der Waals surface area contributed by atoms with Crippen LogP contribution in [0.15, 0.2) is 30.4 Å². The summed E-state index contributed by atoms with van der Waals surface area (Å²) in [6.45, 7) is 2.46. The minimum absolute atomic E-state index is 0.134. The van der Waals surface area contributed by atoms with E-state index in [4.69, 9.17) is 9.47 Å². The molecule has 1 saturated carbocycles. The molecule has 0 saturated heterocycles. The fraction of sp³-hybridized carbons (Fsp3) is 0.500. The second-order valence-electron chi connectivity index (χ2n) is 5.82. The van der Waals surface area contributed by atoms with E-state index < -0.39 is 5.60 Å². The molecule has 2 atom stereocenters. The normalized spacial score (nSPS) is 27.7. The lowest BCUT2D eigenvalue weighted by molar-refractivity contribution is -0.0426. The molecule has 0 unspecified atom stereocenters. The molecule has 112 valence electrons. The van der Waals surface area contributed by atoms with Gasteiger partial charge in [-0.2, -0.15) is 0 Å². The number of rotatable bonds is 4. The minimum atomic E-state index is -0.672. The van der Waals surface area contributed by atoms with Crippen LogP contribution in [0.5, 0.6) is 5.75 Å². The molecular weight excluding hydrogens is 264 g/mol. The Morgan fingerprint density at radius 3 is 3.00 bits per heavy atom.